The van der Waals surface area contributed by atoms with E-state index in [2.05, 4.69) is 15.4 Å². The summed E-state index contributed by atoms with van der Waals surface area (Å²) in [6, 6.07) is 15.0. The molecule has 0 saturated carbocycles. The van der Waals surface area contributed by atoms with Crippen LogP contribution in [0.15, 0.2) is 65.6 Å². The molecule has 0 unspecified atom stereocenters. The van der Waals surface area contributed by atoms with Crippen LogP contribution in [0.1, 0.15) is 15.9 Å². The number of rotatable bonds is 4. The molecule has 0 radical (unpaired) electrons. The third-order valence-electron chi connectivity index (χ3n) is 4.31. The van der Waals surface area contributed by atoms with E-state index in [0.717, 1.165) is 5.56 Å². The van der Waals surface area contributed by atoms with Crippen LogP contribution in [-0.4, -0.2) is 25.8 Å². The molecule has 140 valence electrons. The van der Waals surface area contributed by atoms with Crippen molar-refractivity contribution in [2.75, 3.05) is 5.32 Å². The summed E-state index contributed by atoms with van der Waals surface area (Å²) in [5.41, 5.74) is -0.155. The van der Waals surface area contributed by atoms with Crippen molar-refractivity contribution >= 4 is 22.6 Å². The van der Waals surface area contributed by atoms with E-state index < -0.39 is 28.6 Å². The lowest BCUT2D eigenvalue weighted by Crippen LogP contribution is -2.24. The van der Waals surface area contributed by atoms with Crippen LogP contribution in [0.25, 0.3) is 11.0 Å². The van der Waals surface area contributed by atoms with Crippen molar-refractivity contribution in [1.82, 2.24) is 14.8 Å². The Morgan fingerprint density at radius 3 is 2.61 bits per heavy atom. The highest BCUT2D eigenvalue weighted by Gasteiger charge is 2.22. The second-order valence-corrected chi connectivity index (χ2v) is 6.16. The zero-order valence-electron chi connectivity index (χ0n) is 14.5. The van der Waals surface area contributed by atoms with Crippen LogP contribution in [0.2, 0.25) is 0 Å². The number of benzene rings is 2. The fraction of sp³-hybridized carbons (Fsp3) is 0.0500. The molecule has 8 heteroatoms. The molecule has 4 aromatic rings. The minimum Gasteiger partial charge on any atom is -0.506 e. The molecule has 28 heavy (non-hydrogen) atoms. The third kappa shape index (κ3) is 3.11. The van der Waals surface area contributed by atoms with E-state index in [1.54, 1.807) is 6.07 Å². The van der Waals surface area contributed by atoms with Gasteiger partial charge >= 0.3 is 0 Å². The first-order chi connectivity index (χ1) is 13.5. The monoisotopic (exact) mass is 378 g/mol. The molecule has 0 aliphatic carbocycles. The van der Waals surface area contributed by atoms with Crippen LogP contribution >= 0.6 is 0 Å². The number of halogens is 1. The standard InChI is InChI=1S/C20H15FN4O3/c21-14-8-4-5-9-15(14)23-19(27)16-17(26)13-10-22-25(18(13)24-20(16)28)11-12-6-2-1-3-7-12/h1-10H,11H2,(H,23,27)(H2,24,26,28). The largest absolute Gasteiger partial charge is 0.506 e. The van der Waals surface area contributed by atoms with Crippen molar-refractivity contribution in [3.05, 3.63) is 88.1 Å². The Hall–Kier alpha value is -3.94. The highest BCUT2D eigenvalue weighted by Crippen LogP contribution is 2.26. The van der Waals surface area contributed by atoms with E-state index >= 15 is 0 Å². The Balaban J connectivity index is 1.72. The topological polar surface area (TPSA) is 100 Å². The second-order valence-electron chi connectivity index (χ2n) is 6.16. The number of hydrogen-bond acceptors (Lipinski definition) is 4. The minimum absolute atomic E-state index is 0.0915. The number of aromatic amines is 1. The van der Waals surface area contributed by atoms with Crippen molar-refractivity contribution in [1.29, 1.82) is 0 Å². The fourth-order valence-corrected chi connectivity index (χ4v) is 2.94. The maximum absolute atomic E-state index is 13.8. The first-order valence-electron chi connectivity index (χ1n) is 8.45. The molecular formula is C20H15FN4O3. The Morgan fingerprint density at radius 1 is 1.14 bits per heavy atom. The summed E-state index contributed by atoms with van der Waals surface area (Å²) in [7, 11) is 0. The van der Waals surface area contributed by atoms with Crippen molar-refractivity contribution in [2.45, 2.75) is 6.54 Å². The number of H-pyrrole nitrogens is 1. The molecule has 3 N–H and O–H groups in total. The predicted octanol–water partition coefficient (Wildman–Crippen LogP) is 2.87. The summed E-state index contributed by atoms with van der Waals surface area (Å²) in [5, 5.41) is 17.2. The quantitative estimate of drug-likeness (QED) is 0.508. The number of amides is 1. The minimum atomic E-state index is -0.915. The first kappa shape index (κ1) is 17.5. The number of aromatic nitrogens is 3. The average molecular weight is 378 g/mol. The van der Waals surface area contributed by atoms with Gasteiger partial charge in [-0.1, -0.05) is 42.5 Å². The molecule has 2 aromatic carbocycles. The lowest BCUT2D eigenvalue weighted by molar-refractivity contribution is 0.102. The number of hydrogen-bond donors (Lipinski definition) is 3. The molecule has 7 nitrogen and oxygen atoms in total. The van der Waals surface area contributed by atoms with Crippen LogP contribution in [0.5, 0.6) is 5.75 Å². The third-order valence-corrected chi connectivity index (χ3v) is 4.31. The number of aromatic hydroxyl groups is 1. The predicted molar refractivity (Wildman–Crippen MR) is 102 cm³/mol. The molecule has 0 spiro atoms. The number of anilines is 1. The Bertz CT molecular complexity index is 1230. The number of nitrogens with one attached hydrogen (secondary N) is 2. The number of fused-ring (bicyclic) bond motifs is 1. The normalized spacial score (nSPS) is 10.9. The van der Waals surface area contributed by atoms with Gasteiger partial charge in [0.25, 0.3) is 11.5 Å². The number of carbonyl (C=O) groups excluding carboxylic acids is 1. The second kappa shape index (κ2) is 6.99. The molecule has 2 aromatic heterocycles. The van der Waals surface area contributed by atoms with Crippen LogP contribution in [0.3, 0.4) is 0 Å². The van der Waals surface area contributed by atoms with Gasteiger partial charge in [0.15, 0.2) is 0 Å². The number of pyridine rings is 1. The van der Waals surface area contributed by atoms with E-state index in [-0.39, 0.29) is 16.7 Å². The lowest BCUT2D eigenvalue weighted by atomic mass is 10.2. The fourth-order valence-electron chi connectivity index (χ4n) is 2.94. The zero-order valence-corrected chi connectivity index (χ0v) is 14.5. The van der Waals surface area contributed by atoms with Crippen molar-refractivity contribution in [2.24, 2.45) is 0 Å². The van der Waals surface area contributed by atoms with Gasteiger partial charge in [-0.3, -0.25) is 9.59 Å². The van der Waals surface area contributed by atoms with Gasteiger partial charge in [-0.25, -0.2) is 9.07 Å². The smallest absolute Gasteiger partial charge is 0.266 e. The van der Waals surface area contributed by atoms with Crippen molar-refractivity contribution in [3.8, 4) is 5.75 Å². The van der Waals surface area contributed by atoms with Crippen LogP contribution in [-0.2, 0) is 6.54 Å². The molecule has 0 fully saturated rings. The lowest BCUT2D eigenvalue weighted by Gasteiger charge is -2.08. The van der Waals surface area contributed by atoms with Gasteiger partial charge in [-0.15, -0.1) is 0 Å². The Morgan fingerprint density at radius 2 is 1.86 bits per heavy atom. The molecular weight excluding hydrogens is 363 g/mol. The van der Waals surface area contributed by atoms with E-state index in [1.165, 1.54) is 29.1 Å². The number of para-hydroxylation sites is 1. The summed E-state index contributed by atoms with van der Waals surface area (Å²) < 4.78 is 15.3. The van der Waals surface area contributed by atoms with E-state index in [9.17, 15) is 19.1 Å². The average Bonchev–Trinajstić information content (AvgIpc) is 3.07. The van der Waals surface area contributed by atoms with E-state index in [1.807, 2.05) is 30.3 Å². The SMILES string of the molecule is O=C(Nc1ccccc1F)c1c(O)c2cnn(Cc3ccccc3)c2[nH]c1=O. The summed E-state index contributed by atoms with van der Waals surface area (Å²) in [6.45, 7) is 0.375. The molecule has 0 atom stereocenters. The Labute approximate surface area is 158 Å². The number of nitrogens with zero attached hydrogens (tertiary/aromatic N) is 2. The van der Waals surface area contributed by atoms with Crippen molar-refractivity contribution in [3.63, 3.8) is 0 Å². The zero-order chi connectivity index (χ0) is 19.7. The van der Waals surface area contributed by atoms with Gasteiger partial charge in [-0.2, -0.15) is 5.10 Å². The van der Waals surface area contributed by atoms with E-state index in [4.69, 9.17) is 0 Å². The van der Waals surface area contributed by atoms with Gasteiger partial charge in [0.2, 0.25) is 0 Å². The molecule has 1 amide bonds. The van der Waals surface area contributed by atoms with Gasteiger partial charge in [-0.05, 0) is 17.7 Å². The highest BCUT2D eigenvalue weighted by molar-refractivity contribution is 6.08. The molecule has 0 aliphatic rings. The van der Waals surface area contributed by atoms with Gasteiger partial charge < -0.3 is 15.4 Å². The van der Waals surface area contributed by atoms with Crippen LogP contribution in [0.4, 0.5) is 10.1 Å². The van der Waals surface area contributed by atoms with Gasteiger partial charge in [0.1, 0.15) is 22.8 Å². The van der Waals surface area contributed by atoms with Gasteiger partial charge in [0, 0.05) is 0 Å². The van der Waals surface area contributed by atoms with E-state index in [0.29, 0.717) is 6.54 Å². The van der Waals surface area contributed by atoms with Crippen molar-refractivity contribution < 1.29 is 14.3 Å². The molecule has 0 saturated heterocycles. The maximum atomic E-state index is 13.8. The first-order valence-corrected chi connectivity index (χ1v) is 8.45. The highest BCUT2D eigenvalue weighted by atomic mass is 19.1. The number of carbonyl (C=O) groups is 1. The molecule has 0 bridgehead atoms. The summed E-state index contributed by atoms with van der Waals surface area (Å²) in [5.74, 6) is -2.07. The summed E-state index contributed by atoms with van der Waals surface area (Å²) in [6.07, 6.45) is 1.36. The summed E-state index contributed by atoms with van der Waals surface area (Å²) >= 11 is 0. The summed E-state index contributed by atoms with van der Waals surface area (Å²) in [4.78, 5) is 27.5. The van der Waals surface area contributed by atoms with Crippen LogP contribution in [0, 0.1) is 5.82 Å². The molecule has 0 aliphatic heterocycles. The van der Waals surface area contributed by atoms with Crippen LogP contribution < -0.4 is 10.9 Å². The maximum Gasteiger partial charge on any atom is 0.266 e. The van der Waals surface area contributed by atoms with Gasteiger partial charge in [0.05, 0.1) is 23.8 Å². The Kier molecular flexibility index (Phi) is 4.36. The molecule has 2 heterocycles. The molecule has 4 rings (SSSR count).